The van der Waals surface area contributed by atoms with E-state index in [1.807, 2.05) is 13.0 Å². The van der Waals surface area contributed by atoms with E-state index >= 15 is 0 Å². The minimum atomic E-state index is -0.270. The van der Waals surface area contributed by atoms with E-state index in [9.17, 15) is 4.39 Å². The van der Waals surface area contributed by atoms with Crippen LogP contribution < -0.4 is 4.74 Å². The Morgan fingerprint density at radius 1 is 1.15 bits per heavy atom. The molecule has 0 aliphatic rings. The molecule has 0 saturated heterocycles. The summed E-state index contributed by atoms with van der Waals surface area (Å²) in [6.45, 7) is 4.47. The molecule has 0 aliphatic heterocycles. The number of nitrogens with one attached hydrogen (secondary N) is 1. The Kier molecular flexibility index (Phi) is 3.14. The minimum absolute atomic E-state index is 0.270. The van der Waals surface area contributed by atoms with Crippen molar-refractivity contribution < 1.29 is 9.13 Å². The summed E-state index contributed by atoms with van der Waals surface area (Å²) in [4.78, 5) is 7.70. The highest BCUT2D eigenvalue weighted by Crippen LogP contribution is 2.23. The third-order valence-corrected chi connectivity index (χ3v) is 3.50. The van der Waals surface area contributed by atoms with Gasteiger partial charge in [0, 0.05) is 17.3 Å². The van der Waals surface area contributed by atoms with Crippen molar-refractivity contribution in [2.75, 3.05) is 0 Å². The highest BCUT2D eigenvalue weighted by Gasteiger charge is 2.09. The molecule has 20 heavy (non-hydrogen) atoms. The van der Waals surface area contributed by atoms with Crippen molar-refractivity contribution in [3.8, 4) is 5.75 Å². The van der Waals surface area contributed by atoms with Gasteiger partial charge in [0.15, 0.2) is 0 Å². The fraction of sp³-hybridized carbons (Fsp3) is 0.188. The number of H-pyrrole nitrogens is 1. The SMILES string of the molecule is Cc1[nH]c2c(COc3ccc(F)cc3)nccc2c1C. The molecule has 0 atom stereocenters. The molecule has 0 bridgehead atoms. The fourth-order valence-electron chi connectivity index (χ4n) is 2.23. The van der Waals surface area contributed by atoms with Crippen molar-refractivity contribution in [3.05, 3.63) is 59.3 Å². The van der Waals surface area contributed by atoms with Crippen LogP contribution in [0.25, 0.3) is 10.9 Å². The molecule has 3 aromatic rings. The Hall–Kier alpha value is -2.36. The van der Waals surface area contributed by atoms with Crippen molar-refractivity contribution >= 4 is 10.9 Å². The Bertz CT molecular complexity index is 747. The maximum Gasteiger partial charge on any atom is 0.132 e. The number of nitrogens with zero attached hydrogens (tertiary/aromatic N) is 1. The zero-order valence-corrected chi connectivity index (χ0v) is 11.4. The molecule has 4 heteroatoms. The molecular weight excluding hydrogens is 255 g/mol. The first-order chi connectivity index (χ1) is 9.65. The molecule has 0 spiro atoms. The molecule has 0 saturated carbocycles. The van der Waals surface area contributed by atoms with Gasteiger partial charge >= 0.3 is 0 Å². The molecule has 3 nitrogen and oxygen atoms in total. The van der Waals surface area contributed by atoms with Gasteiger partial charge in [0.2, 0.25) is 0 Å². The summed E-state index contributed by atoms with van der Waals surface area (Å²) < 4.78 is 18.5. The standard InChI is InChI=1S/C16H15FN2O/c1-10-11(2)19-16-14(10)7-8-18-15(16)9-20-13-5-3-12(17)4-6-13/h3-8,19H,9H2,1-2H3. The maximum atomic E-state index is 12.8. The van der Waals surface area contributed by atoms with Gasteiger partial charge in [0.05, 0.1) is 5.52 Å². The number of fused-ring (bicyclic) bond motifs is 1. The van der Waals surface area contributed by atoms with Gasteiger partial charge in [0.1, 0.15) is 23.9 Å². The van der Waals surface area contributed by atoms with Crippen LogP contribution in [0.5, 0.6) is 5.75 Å². The number of ether oxygens (including phenoxy) is 1. The van der Waals surface area contributed by atoms with Crippen LogP contribution in [0.1, 0.15) is 17.0 Å². The molecule has 0 fully saturated rings. The predicted octanol–water partition coefficient (Wildman–Crippen LogP) is 3.90. The zero-order chi connectivity index (χ0) is 14.1. The number of aromatic amines is 1. The van der Waals surface area contributed by atoms with Crippen LogP contribution in [0, 0.1) is 19.7 Å². The van der Waals surface area contributed by atoms with Crippen LogP contribution in [0.2, 0.25) is 0 Å². The lowest BCUT2D eigenvalue weighted by atomic mass is 10.2. The van der Waals surface area contributed by atoms with Gasteiger partial charge < -0.3 is 9.72 Å². The molecule has 2 aromatic heterocycles. The first-order valence-corrected chi connectivity index (χ1v) is 6.46. The van der Waals surface area contributed by atoms with Crippen LogP contribution in [-0.4, -0.2) is 9.97 Å². The van der Waals surface area contributed by atoms with Crippen molar-refractivity contribution in [1.82, 2.24) is 9.97 Å². The largest absolute Gasteiger partial charge is 0.487 e. The molecule has 1 aromatic carbocycles. The summed E-state index contributed by atoms with van der Waals surface area (Å²) >= 11 is 0. The Morgan fingerprint density at radius 2 is 1.90 bits per heavy atom. The molecule has 3 rings (SSSR count). The van der Waals surface area contributed by atoms with Crippen molar-refractivity contribution in [3.63, 3.8) is 0 Å². The van der Waals surface area contributed by atoms with Gasteiger partial charge in [-0.3, -0.25) is 4.98 Å². The Balaban J connectivity index is 1.87. The number of aryl methyl sites for hydroxylation is 2. The average Bonchev–Trinajstić information content (AvgIpc) is 2.75. The third kappa shape index (κ3) is 2.25. The van der Waals surface area contributed by atoms with Gasteiger partial charge in [-0.15, -0.1) is 0 Å². The van der Waals surface area contributed by atoms with Crippen LogP contribution in [-0.2, 0) is 6.61 Å². The van der Waals surface area contributed by atoms with Gasteiger partial charge in [0.25, 0.3) is 0 Å². The third-order valence-electron chi connectivity index (χ3n) is 3.50. The van der Waals surface area contributed by atoms with E-state index in [2.05, 4.69) is 16.9 Å². The molecular formula is C16H15FN2O. The normalized spacial score (nSPS) is 10.9. The summed E-state index contributed by atoms with van der Waals surface area (Å²) in [6, 6.07) is 7.98. The Labute approximate surface area is 116 Å². The lowest BCUT2D eigenvalue weighted by Crippen LogP contribution is -1.99. The second-order valence-electron chi connectivity index (χ2n) is 4.80. The van der Waals surface area contributed by atoms with Crippen LogP contribution >= 0.6 is 0 Å². The fourth-order valence-corrected chi connectivity index (χ4v) is 2.23. The lowest BCUT2D eigenvalue weighted by molar-refractivity contribution is 0.302. The second-order valence-corrected chi connectivity index (χ2v) is 4.80. The van der Waals surface area contributed by atoms with E-state index in [1.54, 1.807) is 18.3 Å². The van der Waals surface area contributed by atoms with Gasteiger partial charge in [-0.05, 0) is 49.7 Å². The second kappa shape index (κ2) is 4.96. The number of halogens is 1. The van der Waals surface area contributed by atoms with E-state index in [1.165, 1.54) is 17.7 Å². The van der Waals surface area contributed by atoms with Gasteiger partial charge in [-0.2, -0.15) is 0 Å². The van der Waals surface area contributed by atoms with Crippen molar-refractivity contribution in [2.45, 2.75) is 20.5 Å². The molecule has 1 N–H and O–H groups in total. The Morgan fingerprint density at radius 3 is 2.65 bits per heavy atom. The summed E-state index contributed by atoms with van der Waals surface area (Å²) in [6.07, 6.45) is 1.78. The monoisotopic (exact) mass is 270 g/mol. The quantitative estimate of drug-likeness (QED) is 0.783. The number of rotatable bonds is 3. The summed E-state index contributed by atoms with van der Waals surface area (Å²) in [5.41, 5.74) is 4.22. The molecule has 0 unspecified atom stereocenters. The summed E-state index contributed by atoms with van der Waals surface area (Å²) in [5.74, 6) is 0.360. The van der Waals surface area contributed by atoms with Crippen molar-refractivity contribution in [1.29, 1.82) is 0 Å². The van der Waals surface area contributed by atoms with Gasteiger partial charge in [-0.1, -0.05) is 0 Å². The number of hydrogen-bond acceptors (Lipinski definition) is 2. The highest BCUT2D eigenvalue weighted by atomic mass is 19.1. The maximum absolute atomic E-state index is 12.8. The molecule has 0 amide bonds. The van der Waals surface area contributed by atoms with Crippen LogP contribution in [0.3, 0.4) is 0 Å². The van der Waals surface area contributed by atoms with Crippen LogP contribution in [0.4, 0.5) is 4.39 Å². The number of hydrogen-bond donors (Lipinski definition) is 1. The minimum Gasteiger partial charge on any atom is -0.487 e. The number of aromatic nitrogens is 2. The average molecular weight is 270 g/mol. The topological polar surface area (TPSA) is 37.9 Å². The smallest absolute Gasteiger partial charge is 0.132 e. The molecule has 0 aliphatic carbocycles. The van der Waals surface area contributed by atoms with E-state index in [-0.39, 0.29) is 5.82 Å². The van der Waals surface area contributed by atoms with Gasteiger partial charge in [-0.25, -0.2) is 4.39 Å². The summed E-state index contributed by atoms with van der Waals surface area (Å²) in [5, 5.41) is 1.16. The first-order valence-electron chi connectivity index (χ1n) is 6.46. The van der Waals surface area contributed by atoms with Crippen molar-refractivity contribution in [2.24, 2.45) is 0 Å². The number of pyridine rings is 1. The highest BCUT2D eigenvalue weighted by molar-refractivity contribution is 5.85. The summed E-state index contributed by atoms with van der Waals surface area (Å²) in [7, 11) is 0. The zero-order valence-electron chi connectivity index (χ0n) is 11.4. The molecule has 0 radical (unpaired) electrons. The first kappa shape index (κ1) is 12.7. The van der Waals surface area contributed by atoms with E-state index in [4.69, 9.17) is 4.74 Å². The van der Waals surface area contributed by atoms with Crippen LogP contribution in [0.15, 0.2) is 36.5 Å². The van der Waals surface area contributed by atoms with E-state index in [0.29, 0.717) is 12.4 Å². The molecule has 2 heterocycles. The lowest BCUT2D eigenvalue weighted by Gasteiger charge is -2.06. The van der Waals surface area contributed by atoms with E-state index < -0.39 is 0 Å². The van der Waals surface area contributed by atoms with E-state index in [0.717, 1.165) is 22.3 Å². The predicted molar refractivity (Wildman–Crippen MR) is 76.3 cm³/mol. The molecule has 102 valence electrons. The number of benzene rings is 1.